The average molecular weight is 324 g/mol. The van der Waals surface area contributed by atoms with E-state index in [0.717, 1.165) is 0 Å². The van der Waals surface area contributed by atoms with Crippen LogP contribution in [0.4, 0.5) is 16.3 Å². The van der Waals surface area contributed by atoms with Crippen LogP contribution in [0.5, 0.6) is 0 Å². The highest BCUT2D eigenvalue weighted by Crippen LogP contribution is 2.19. The summed E-state index contributed by atoms with van der Waals surface area (Å²) in [7, 11) is 1.53. The first-order chi connectivity index (χ1) is 11.6. The number of fused-ring (bicyclic) bond motifs is 1. The molecule has 122 valence electrons. The van der Waals surface area contributed by atoms with Gasteiger partial charge in [0.2, 0.25) is 0 Å². The lowest BCUT2D eigenvalue weighted by molar-refractivity contribution is 0.262. The van der Waals surface area contributed by atoms with Gasteiger partial charge in [0.05, 0.1) is 12.0 Å². The number of aliphatic hydroxyl groups is 1. The lowest BCUT2D eigenvalue weighted by Gasteiger charge is -2.12. The van der Waals surface area contributed by atoms with E-state index >= 15 is 0 Å². The Morgan fingerprint density at radius 1 is 1.08 bits per heavy atom. The monoisotopic (exact) mass is 324 g/mol. The highest BCUT2D eigenvalue weighted by Gasteiger charge is 2.12. The number of nitrogens with one attached hydrogen (secondary N) is 2. The van der Waals surface area contributed by atoms with Crippen molar-refractivity contribution in [3.63, 3.8) is 0 Å². The molecular weight excluding hydrogens is 308 g/mol. The number of carbonyl (C=O) groups is 1. The summed E-state index contributed by atoms with van der Waals surface area (Å²) < 4.78 is 1.18. The number of aryl methyl sites for hydroxylation is 1. The van der Waals surface area contributed by atoms with Crippen LogP contribution in [0.2, 0.25) is 0 Å². The summed E-state index contributed by atoms with van der Waals surface area (Å²) >= 11 is 0. The van der Waals surface area contributed by atoms with Gasteiger partial charge < -0.3 is 10.4 Å². The molecule has 3 N–H and O–H groups in total. The number of rotatable bonds is 3. The molecule has 0 saturated carbocycles. The van der Waals surface area contributed by atoms with Gasteiger partial charge in [-0.2, -0.15) is 5.10 Å². The minimum atomic E-state index is -0.507. The van der Waals surface area contributed by atoms with Crippen molar-refractivity contribution in [2.75, 3.05) is 10.6 Å². The summed E-state index contributed by atoms with van der Waals surface area (Å²) in [4.78, 5) is 24.3. The van der Waals surface area contributed by atoms with Gasteiger partial charge in [0, 0.05) is 23.7 Å². The minimum absolute atomic E-state index is 0.183. The fourth-order valence-corrected chi connectivity index (χ4v) is 2.43. The Morgan fingerprint density at radius 2 is 1.75 bits per heavy atom. The van der Waals surface area contributed by atoms with Crippen LogP contribution in [0.1, 0.15) is 5.56 Å². The van der Waals surface area contributed by atoms with Gasteiger partial charge in [-0.1, -0.05) is 36.4 Å². The van der Waals surface area contributed by atoms with Crippen molar-refractivity contribution in [1.29, 1.82) is 0 Å². The molecule has 3 rings (SSSR count). The van der Waals surface area contributed by atoms with Crippen LogP contribution in [-0.2, 0) is 13.7 Å². The first-order valence-electron chi connectivity index (χ1n) is 7.33. The average Bonchev–Trinajstić information content (AvgIpc) is 2.60. The van der Waals surface area contributed by atoms with Crippen LogP contribution in [0.3, 0.4) is 0 Å². The van der Waals surface area contributed by atoms with E-state index in [1.165, 1.54) is 11.7 Å². The zero-order valence-electron chi connectivity index (χ0n) is 13.0. The van der Waals surface area contributed by atoms with Gasteiger partial charge in [-0.25, -0.2) is 9.48 Å². The highest BCUT2D eigenvalue weighted by atomic mass is 16.3. The number of amides is 2. The lowest BCUT2D eigenvalue weighted by Crippen LogP contribution is -2.25. The molecule has 0 unspecified atom stereocenters. The van der Waals surface area contributed by atoms with E-state index < -0.39 is 6.03 Å². The third kappa shape index (κ3) is 2.97. The summed E-state index contributed by atoms with van der Waals surface area (Å²) in [5, 5.41) is 19.8. The van der Waals surface area contributed by atoms with Gasteiger partial charge in [-0.3, -0.25) is 10.1 Å². The molecule has 0 fully saturated rings. The number of hydrogen-bond donors (Lipinski definition) is 3. The van der Waals surface area contributed by atoms with E-state index in [1.807, 2.05) is 0 Å². The smallest absolute Gasteiger partial charge is 0.324 e. The molecule has 24 heavy (non-hydrogen) atoms. The third-order valence-corrected chi connectivity index (χ3v) is 3.62. The van der Waals surface area contributed by atoms with Gasteiger partial charge in [0.25, 0.3) is 5.56 Å². The maximum atomic E-state index is 12.3. The van der Waals surface area contributed by atoms with Crippen molar-refractivity contribution >= 4 is 28.3 Å². The quantitative estimate of drug-likeness (QED) is 0.687. The Bertz CT molecular complexity index is 965. The fourth-order valence-electron chi connectivity index (χ4n) is 2.43. The number of nitrogens with zero attached hydrogens (tertiary/aromatic N) is 2. The maximum Gasteiger partial charge on any atom is 0.324 e. The van der Waals surface area contributed by atoms with E-state index in [1.54, 1.807) is 48.5 Å². The van der Waals surface area contributed by atoms with Crippen molar-refractivity contribution in [2.24, 2.45) is 7.05 Å². The van der Waals surface area contributed by atoms with Crippen LogP contribution in [0.25, 0.3) is 10.8 Å². The SMILES string of the molecule is Cn1nc(NC(=O)Nc2ccccc2CO)c2ccccc2c1=O. The Hall–Kier alpha value is -3.19. The number of aromatic nitrogens is 2. The summed E-state index contributed by atoms with van der Waals surface area (Å²) in [6.07, 6.45) is 0. The maximum absolute atomic E-state index is 12.3. The Kier molecular flexibility index (Phi) is 4.26. The number of para-hydroxylation sites is 1. The topological polar surface area (TPSA) is 96.2 Å². The zero-order valence-corrected chi connectivity index (χ0v) is 13.0. The van der Waals surface area contributed by atoms with Gasteiger partial charge in [0.15, 0.2) is 5.82 Å². The van der Waals surface area contributed by atoms with Crippen LogP contribution in [0, 0.1) is 0 Å². The van der Waals surface area contributed by atoms with Crippen molar-refractivity contribution in [1.82, 2.24) is 9.78 Å². The number of anilines is 2. The van der Waals surface area contributed by atoms with Crippen molar-refractivity contribution in [3.05, 3.63) is 64.4 Å². The number of hydrogen-bond acceptors (Lipinski definition) is 4. The molecule has 0 aliphatic carbocycles. The summed E-state index contributed by atoms with van der Waals surface area (Å²) in [5.74, 6) is 0.284. The van der Waals surface area contributed by atoms with Gasteiger partial charge in [-0.15, -0.1) is 0 Å². The first kappa shape index (κ1) is 15.7. The molecule has 0 spiro atoms. The molecule has 0 aliphatic rings. The molecule has 7 heteroatoms. The number of aliphatic hydroxyl groups excluding tert-OH is 1. The summed E-state index contributed by atoms with van der Waals surface area (Å²) in [6.45, 7) is -0.183. The molecule has 0 saturated heterocycles. The van der Waals surface area contributed by atoms with Crippen molar-refractivity contribution in [2.45, 2.75) is 6.61 Å². The molecule has 0 aliphatic heterocycles. The van der Waals surface area contributed by atoms with Crippen LogP contribution < -0.4 is 16.2 Å². The molecule has 7 nitrogen and oxygen atoms in total. The number of urea groups is 1. The van der Waals surface area contributed by atoms with Crippen LogP contribution >= 0.6 is 0 Å². The molecule has 3 aromatic rings. The van der Waals surface area contributed by atoms with Crippen molar-refractivity contribution < 1.29 is 9.90 Å². The van der Waals surface area contributed by atoms with E-state index in [-0.39, 0.29) is 18.0 Å². The van der Waals surface area contributed by atoms with E-state index in [0.29, 0.717) is 22.0 Å². The molecule has 0 bridgehead atoms. The fraction of sp³-hybridized carbons (Fsp3) is 0.118. The van der Waals surface area contributed by atoms with Crippen LogP contribution in [0.15, 0.2) is 53.3 Å². The second kappa shape index (κ2) is 6.51. The molecule has 1 heterocycles. The van der Waals surface area contributed by atoms with Gasteiger partial charge >= 0.3 is 6.03 Å². The largest absolute Gasteiger partial charge is 0.392 e. The minimum Gasteiger partial charge on any atom is -0.392 e. The second-order valence-corrected chi connectivity index (χ2v) is 5.22. The lowest BCUT2D eigenvalue weighted by atomic mass is 10.2. The number of carbonyl (C=O) groups excluding carboxylic acids is 1. The standard InChI is InChI=1S/C17H16N4O3/c1-21-16(23)13-8-4-3-7-12(13)15(20-21)19-17(24)18-14-9-5-2-6-11(14)10-22/h2-9,22H,10H2,1H3,(H2,18,19,20,24). The van der Waals surface area contributed by atoms with Gasteiger partial charge in [-0.05, 0) is 12.1 Å². The molecule has 2 amide bonds. The molecule has 0 radical (unpaired) electrons. The second-order valence-electron chi connectivity index (χ2n) is 5.22. The van der Waals surface area contributed by atoms with Crippen molar-refractivity contribution in [3.8, 4) is 0 Å². The zero-order chi connectivity index (χ0) is 17.1. The molecule has 0 atom stereocenters. The molecule has 1 aromatic heterocycles. The Balaban J connectivity index is 1.91. The highest BCUT2D eigenvalue weighted by molar-refractivity contribution is 6.04. The van der Waals surface area contributed by atoms with E-state index in [4.69, 9.17) is 0 Å². The number of benzene rings is 2. The normalized spacial score (nSPS) is 10.6. The Morgan fingerprint density at radius 3 is 2.50 bits per heavy atom. The van der Waals surface area contributed by atoms with E-state index in [9.17, 15) is 14.7 Å². The summed E-state index contributed by atoms with van der Waals surface area (Å²) in [6, 6.07) is 13.4. The third-order valence-electron chi connectivity index (χ3n) is 3.62. The van der Waals surface area contributed by atoms with Crippen LogP contribution in [-0.4, -0.2) is 20.9 Å². The van der Waals surface area contributed by atoms with E-state index in [2.05, 4.69) is 15.7 Å². The summed E-state index contributed by atoms with van der Waals surface area (Å²) in [5.41, 5.74) is 0.875. The molecular formula is C17H16N4O3. The Labute approximate surface area is 137 Å². The predicted molar refractivity (Wildman–Crippen MR) is 92.0 cm³/mol. The molecule has 2 aromatic carbocycles. The first-order valence-corrected chi connectivity index (χ1v) is 7.33. The predicted octanol–water partition coefficient (Wildman–Crippen LogP) is 2.07. The van der Waals surface area contributed by atoms with Gasteiger partial charge in [0.1, 0.15) is 0 Å².